The average molecular weight is 540 g/mol. The Morgan fingerprint density at radius 2 is 1.90 bits per heavy atom. The Hall–Kier alpha value is -3.88. The third kappa shape index (κ3) is 5.92. The number of allylic oxidation sites excluding steroid dienone is 3. The second-order valence-electron chi connectivity index (χ2n) is 9.66. The molecule has 4 nitrogen and oxygen atoms in total. The van der Waals surface area contributed by atoms with Crippen molar-refractivity contribution in [3.63, 3.8) is 0 Å². The first-order chi connectivity index (χ1) is 18.7. The Morgan fingerprint density at radius 3 is 2.69 bits per heavy atom. The summed E-state index contributed by atoms with van der Waals surface area (Å²) < 4.78 is 74.9. The van der Waals surface area contributed by atoms with Crippen molar-refractivity contribution in [3.05, 3.63) is 100.0 Å². The van der Waals surface area contributed by atoms with Crippen molar-refractivity contribution in [1.82, 2.24) is 5.16 Å². The van der Waals surface area contributed by atoms with E-state index in [0.717, 1.165) is 18.9 Å². The van der Waals surface area contributed by atoms with Crippen LogP contribution in [0.15, 0.2) is 80.4 Å². The third-order valence-corrected chi connectivity index (χ3v) is 6.80. The molecule has 3 aromatic rings. The molecule has 39 heavy (non-hydrogen) atoms. The van der Waals surface area contributed by atoms with Crippen LogP contribution < -0.4 is 0 Å². The van der Waals surface area contributed by atoms with Gasteiger partial charge < -0.3 is 4.52 Å². The molecule has 0 fully saturated rings. The van der Waals surface area contributed by atoms with E-state index in [9.17, 15) is 22.0 Å². The first kappa shape index (κ1) is 26.7. The Labute approximate surface area is 222 Å². The van der Waals surface area contributed by atoms with Gasteiger partial charge >= 0.3 is 6.18 Å². The summed E-state index contributed by atoms with van der Waals surface area (Å²) in [5.41, 5.74) is 1.74. The van der Waals surface area contributed by atoms with Gasteiger partial charge in [-0.15, -0.1) is 0 Å². The number of fused-ring (bicyclic) bond motifs is 1. The van der Waals surface area contributed by atoms with Crippen molar-refractivity contribution in [2.75, 3.05) is 0 Å². The predicted molar refractivity (Wildman–Crippen MR) is 140 cm³/mol. The van der Waals surface area contributed by atoms with E-state index in [4.69, 9.17) is 4.52 Å². The van der Waals surface area contributed by atoms with E-state index in [0.29, 0.717) is 54.0 Å². The van der Waals surface area contributed by atoms with Gasteiger partial charge in [0.05, 0.1) is 23.0 Å². The van der Waals surface area contributed by atoms with Crippen LogP contribution in [0, 0.1) is 11.6 Å². The number of unbranched alkanes of at least 4 members (excludes halogenated alkanes) is 1. The summed E-state index contributed by atoms with van der Waals surface area (Å²) in [6.07, 6.45) is 4.59. The van der Waals surface area contributed by atoms with E-state index in [1.807, 2.05) is 13.0 Å². The summed E-state index contributed by atoms with van der Waals surface area (Å²) in [5.74, 6) is -1.47. The summed E-state index contributed by atoms with van der Waals surface area (Å²) >= 11 is 0. The Kier molecular flexibility index (Phi) is 7.59. The molecule has 1 unspecified atom stereocenters. The van der Waals surface area contributed by atoms with Gasteiger partial charge in [-0.05, 0) is 55.5 Å². The van der Waals surface area contributed by atoms with Gasteiger partial charge in [0, 0.05) is 35.4 Å². The van der Waals surface area contributed by atoms with E-state index in [-0.39, 0.29) is 22.9 Å². The van der Waals surface area contributed by atoms with Crippen LogP contribution in [0.2, 0.25) is 0 Å². The molecule has 0 amide bonds. The molecule has 202 valence electrons. The summed E-state index contributed by atoms with van der Waals surface area (Å²) in [6.45, 7) is 2.00. The van der Waals surface area contributed by atoms with Crippen LogP contribution in [-0.2, 0) is 19.0 Å². The van der Waals surface area contributed by atoms with Crippen molar-refractivity contribution < 1.29 is 26.5 Å². The van der Waals surface area contributed by atoms with Crippen molar-refractivity contribution in [2.45, 2.75) is 57.7 Å². The lowest BCUT2D eigenvalue weighted by Crippen LogP contribution is -2.10. The first-order valence-electron chi connectivity index (χ1n) is 12.9. The lowest BCUT2D eigenvalue weighted by molar-refractivity contribution is -0.137. The molecule has 2 aromatic carbocycles. The Morgan fingerprint density at radius 1 is 1.05 bits per heavy atom. The summed E-state index contributed by atoms with van der Waals surface area (Å²) in [6, 6.07) is 9.64. The maximum atomic E-state index is 14.3. The topological polar surface area (TPSA) is 50.8 Å². The third-order valence-electron chi connectivity index (χ3n) is 6.80. The minimum atomic E-state index is -4.52. The molecular formula is C30H26F5N3O. The van der Waals surface area contributed by atoms with E-state index in [2.05, 4.69) is 15.1 Å². The zero-order valence-electron chi connectivity index (χ0n) is 21.2. The maximum absolute atomic E-state index is 14.3. The summed E-state index contributed by atoms with van der Waals surface area (Å²) in [7, 11) is 0. The Balaban J connectivity index is 1.33. The number of hydrogen-bond donors (Lipinski definition) is 0. The van der Waals surface area contributed by atoms with Crippen LogP contribution >= 0.6 is 0 Å². The highest BCUT2D eigenvalue weighted by Gasteiger charge is 2.35. The number of nitrogens with zero attached hydrogens (tertiary/aromatic N) is 3. The monoisotopic (exact) mass is 539 g/mol. The molecule has 3 heterocycles. The molecule has 0 radical (unpaired) electrons. The fourth-order valence-electron chi connectivity index (χ4n) is 4.74. The highest BCUT2D eigenvalue weighted by atomic mass is 19.4. The average Bonchev–Trinajstić information content (AvgIpc) is 3.52. The van der Waals surface area contributed by atoms with E-state index in [1.54, 1.807) is 18.4 Å². The normalized spacial score (nSPS) is 17.3. The molecule has 5 rings (SSSR count). The highest BCUT2D eigenvalue weighted by molar-refractivity contribution is 6.15. The summed E-state index contributed by atoms with van der Waals surface area (Å²) in [5, 5.41) is 3.94. The number of aromatic nitrogens is 1. The minimum Gasteiger partial charge on any atom is -0.361 e. The largest absolute Gasteiger partial charge is 0.417 e. The van der Waals surface area contributed by atoms with Crippen molar-refractivity contribution >= 4 is 11.9 Å². The van der Waals surface area contributed by atoms with Gasteiger partial charge in [0.15, 0.2) is 11.6 Å². The molecule has 2 aliphatic rings. The van der Waals surface area contributed by atoms with Gasteiger partial charge in [-0.3, -0.25) is 4.99 Å². The molecule has 0 saturated heterocycles. The lowest BCUT2D eigenvalue weighted by Gasteiger charge is -2.13. The molecule has 0 bridgehead atoms. The molecule has 1 aromatic heterocycles. The fourth-order valence-corrected chi connectivity index (χ4v) is 4.74. The second kappa shape index (κ2) is 11.1. The number of halogens is 5. The van der Waals surface area contributed by atoms with E-state index >= 15 is 0 Å². The van der Waals surface area contributed by atoms with Crippen LogP contribution in [0.1, 0.15) is 55.1 Å². The number of alkyl halides is 3. The van der Waals surface area contributed by atoms with Crippen LogP contribution in [0.4, 0.5) is 22.0 Å². The Bertz CT molecular complexity index is 1500. The number of aliphatic imine (C=N–C) groups is 2. The number of benzene rings is 2. The zero-order valence-corrected chi connectivity index (χ0v) is 21.2. The quantitative estimate of drug-likeness (QED) is 0.285. The van der Waals surface area contributed by atoms with Gasteiger partial charge in [0.1, 0.15) is 11.5 Å². The van der Waals surface area contributed by atoms with Crippen LogP contribution in [-0.4, -0.2) is 23.1 Å². The molecule has 1 atom stereocenters. The standard InChI is InChI=1S/C30H26F5N3O/c1-2-3-6-18-11-12-22(24(13-18)30(33,34)35)28-16-21(39-38-28)15-20-7-4-10-26-19(17-36-20)14-27(37-26)23-8-5-9-25(31)29(23)32/h5,8-14,16-17,20H,2-4,6-7,15H2,1H3. The molecule has 9 heteroatoms. The maximum Gasteiger partial charge on any atom is 0.417 e. The van der Waals surface area contributed by atoms with Gasteiger partial charge in [0.2, 0.25) is 0 Å². The number of aryl methyl sites for hydroxylation is 1. The number of rotatable bonds is 7. The van der Waals surface area contributed by atoms with Gasteiger partial charge in [-0.25, -0.2) is 13.8 Å². The van der Waals surface area contributed by atoms with E-state index < -0.39 is 23.4 Å². The van der Waals surface area contributed by atoms with Crippen LogP contribution in [0.5, 0.6) is 0 Å². The summed E-state index contributed by atoms with van der Waals surface area (Å²) in [4.78, 5) is 9.07. The predicted octanol–water partition coefficient (Wildman–Crippen LogP) is 8.07. The van der Waals surface area contributed by atoms with E-state index in [1.165, 1.54) is 30.3 Å². The molecule has 2 aliphatic heterocycles. The van der Waals surface area contributed by atoms with Gasteiger partial charge in [-0.1, -0.05) is 42.8 Å². The van der Waals surface area contributed by atoms with Gasteiger partial charge in [-0.2, -0.15) is 13.2 Å². The van der Waals surface area contributed by atoms with Gasteiger partial charge in [0.25, 0.3) is 0 Å². The minimum absolute atomic E-state index is 0.0168. The molecule has 0 aliphatic carbocycles. The fraction of sp³-hybridized carbons (Fsp3) is 0.300. The SMILES string of the molecule is CCCCc1ccc(-c2cc(CC3CCC=C4N=C(c5cccc(F)c5F)C=C4C=N3)on2)c(C(F)(F)F)c1. The second-order valence-corrected chi connectivity index (χ2v) is 9.66. The van der Waals surface area contributed by atoms with Crippen molar-refractivity contribution in [2.24, 2.45) is 9.98 Å². The van der Waals surface area contributed by atoms with Crippen molar-refractivity contribution in [3.8, 4) is 11.3 Å². The molecule has 0 saturated carbocycles. The lowest BCUT2D eigenvalue weighted by atomic mass is 9.97. The molecule has 0 spiro atoms. The zero-order chi connectivity index (χ0) is 27.6. The molecular weight excluding hydrogens is 513 g/mol. The van der Waals surface area contributed by atoms with Crippen molar-refractivity contribution in [1.29, 1.82) is 0 Å². The van der Waals surface area contributed by atoms with Crippen LogP contribution in [0.3, 0.4) is 0 Å². The highest BCUT2D eigenvalue weighted by Crippen LogP contribution is 2.38. The smallest absolute Gasteiger partial charge is 0.361 e. The molecule has 0 N–H and O–H groups in total. The number of hydrogen-bond acceptors (Lipinski definition) is 4. The van der Waals surface area contributed by atoms with Crippen LogP contribution in [0.25, 0.3) is 11.3 Å². The first-order valence-corrected chi connectivity index (χ1v) is 12.9.